The van der Waals surface area contributed by atoms with Crippen molar-refractivity contribution in [1.29, 1.82) is 0 Å². The number of aromatic amines is 1. The Morgan fingerprint density at radius 2 is 2.00 bits per heavy atom. The van der Waals surface area contributed by atoms with Crippen LogP contribution in [0.25, 0.3) is 10.9 Å². The zero-order valence-electron chi connectivity index (χ0n) is 16.1. The average molecular weight is 378 g/mol. The Hall–Kier alpha value is -2.79. The summed E-state index contributed by atoms with van der Waals surface area (Å²) in [4.78, 5) is 14.3. The molecule has 0 spiro atoms. The van der Waals surface area contributed by atoms with E-state index in [1.165, 1.54) is 18.1 Å². The van der Waals surface area contributed by atoms with Gasteiger partial charge in [0.15, 0.2) is 0 Å². The summed E-state index contributed by atoms with van der Waals surface area (Å²) in [7, 11) is 1.74. The molecule has 5 nitrogen and oxygen atoms in total. The van der Waals surface area contributed by atoms with Crippen LogP contribution >= 0.6 is 0 Å². The topological polar surface area (TPSA) is 63.4 Å². The Kier molecular flexibility index (Phi) is 5.63. The van der Waals surface area contributed by atoms with E-state index in [2.05, 4.69) is 22.4 Å². The van der Waals surface area contributed by atoms with E-state index in [0.717, 1.165) is 41.9 Å². The summed E-state index contributed by atoms with van der Waals surface area (Å²) in [6, 6.07) is 17.5. The predicted octanol–water partition coefficient (Wildman–Crippen LogP) is 3.70. The first-order valence-corrected chi connectivity index (χ1v) is 9.84. The maximum atomic E-state index is 11.4. The molecule has 0 saturated heterocycles. The molecule has 2 aromatic carbocycles. The zero-order chi connectivity index (χ0) is 19.3. The monoisotopic (exact) mass is 378 g/mol. The quantitative estimate of drug-likeness (QED) is 0.558. The SMILES string of the molecule is COc1ccccc1[C@@H]1C[C@H]1CNCCCOc1ccc2ccc(=O)[nH]c2c1. The molecule has 1 fully saturated rings. The minimum atomic E-state index is -0.0969. The van der Waals surface area contributed by atoms with Crippen molar-refractivity contribution in [2.24, 2.45) is 5.92 Å². The number of benzene rings is 2. The lowest BCUT2D eigenvalue weighted by atomic mass is 10.1. The summed E-state index contributed by atoms with van der Waals surface area (Å²) in [6.45, 7) is 2.61. The fraction of sp³-hybridized carbons (Fsp3) is 0.348. The van der Waals surface area contributed by atoms with Crippen molar-refractivity contribution in [3.8, 4) is 11.5 Å². The first kappa shape index (κ1) is 18.6. The standard InChI is InChI=1S/C23H26N2O3/c1-27-22-6-3-2-5-19(22)20-13-17(20)15-24-11-4-12-28-18-9-7-16-8-10-23(26)25-21(16)14-18/h2-3,5-10,14,17,20,24H,4,11-13,15H2,1H3,(H,25,26)/t17-,20+/m0/s1. The highest BCUT2D eigenvalue weighted by Gasteiger charge is 2.39. The fourth-order valence-electron chi connectivity index (χ4n) is 3.72. The molecule has 0 aliphatic heterocycles. The van der Waals surface area contributed by atoms with Gasteiger partial charge in [-0.15, -0.1) is 0 Å². The number of hydrogen-bond donors (Lipinski definition) is 2. The number of H-pyrrole nitrogens is 1. The van der Waals surface area contributed by atoms with Crippen molar-refractivity contribution < 1.29 is 9.47 Å². The van der Waals surface area contributed by atoms with Gasteiger partial charge in [-0.2, -0.15) is 0 Å². The van der Waals surface area contributed by atoms with Gasteiger partial charge in [0, 0.05) is 12.1 Å². The minimum absolute atomic E-state index is 0.0969. The highest BCUT2D eigenvalue weighted by atomic mass is 16.5. The van der Waals surface area contributed by atoms with E-state index in [4.69, 9.17) is 9.47 Å². The molecule has 5 heteroatoms. The predicted molar refractivity (Wildman–Crippen MR) is 111 cm³/mol. The van der Waals surface area contributed by atoms with Crippen LogP contribution in [-0.4, -0.2) is 31.8 Å². The largest absolute Gasteiger partial charge is 0.496 e. The van der Waals surface area contributed by atoms with E-state index < -0.39 is 0 Å². The molecule has 146 valence electrons. The van der Waals surface area contributed by atoms with E-state index >= 15 is 0 Å². The summed E-state index contributed by atoms with van der Waals surface area (Å²) >= 11 is 0. The van der Waals surface area contributed by atoms with Crippen molar-refractivity contribution >= 4 is 10.9 Å². The Morgan fingerprint density at radius 3 is 2.89 bits per heavy atom. The van der Waals surface area contributed by atoms with Crippen molar-refractivity contribution in [2.45, 2.75) is 18.8 Å². The number of methoxy groups -OCH3 is 1. The fourth-order valence-corrected chi connectivity index (χ4v) is 3.72. The molecule has 0 bridgehead atoms. The van der Waals surface area contributed by atoms with E-state index in [-0.39, 0.29) is 5.56 Å². The summed E-state index contributed by atoms with van der Waals surface area (Å²) in [5.74, 6) is 3.09. The van der Waals surface area contributed by atoms with Gasteiger partial charge < -0.3 is 19.8 Å². The highest BCUT2D eigenvalue weighted by Crippen LogP contribution is 2.49. The first-order valence-electron chi connectivity index (χ1n) is 9.84. The molecule has 1 saturated carbocycles. The van der Waals surface area contributed by atoms with Crippen molar-refractivity contribution in [3.05, 3.63) is 70.5 Å². The van der Waals surface area contributed by atoms with Crippen LogP contribution in [0.1, 0.15) is 24.3 Å². The van der Waals surface area contributed by atoms with Crippen molar-refractivity contribution in [2.75, 3.05) is 26.8 Å². The molecule has 4 rings (SSSR count). The number of fused-ring (bicyclic) bond motifs is 1. The molecule has 1 aromatic heterocycles. The van der Waals surface area contributed by atoms with Gasteiger partial charge in [0.1, 0.15) is 11.5 Å². The maximum Gasteiger partial charge on any atom is 0.248 e. The Balaban J connectivity index is 1.17. The Labute approximate surface area is 164 Å². The molecule has 2 atom stereocenters. The second-order valence-electron chi connectivity index (χ2n) is 7.32. The molecular weight excluding hydrogens is 352 g/mol. The normalized spacial score (nSPS) is 18.2. The number of hydrogen-bond acceptors (Lipinski definition) is 4. The molecule has 1 heterocycles. The molecule has 0 radical (unpaired) electrons. The number of pyridine rings is 1. The molecule has 3 aromatic rings. The lowest BCUT2D eigenvalue weighted by Crippen LogP contribution is -2.20. The second-order valence-corrected chi connectivity index (χ2v) is 7.32. The van der Waals surface area contributed by atoms with Gasteiger partial charge in [-0.05, 0) is 73.0 Å². The van der Waals surface area contributed by atoms with Crippen LogP contribution in [0.3, 0.4) is 0 Å². The molecule has 0 unspecified atom stereocenters. The molecule has 2 N–H and O–H groups in total. The lowest BCUT2D eigenvalue weighted by molar-refractivity contribution is 0.308. The molecule has 1 aliphatic rings. The zero-order valence-corrected chi connectivity index (χ0v) is 16.1. The van der Waals surface area contributed by atoms with Crippen LogP contribution in [0.15, 0.2) is 59.4 Å². The number of para-hydroxylation sites is 1. The van der Waals surface area contributed by atoms with Gasteiger partial charge in [-0.25, -0.2) is 0 Å². The highest BCUT2D eigenvalue weighted by molar-refractivity contribution is 5.79. The van der Waals surface area contributed by atoms with Gasteiger partial charge in [-0.1, -0.05) is 18.2 Å². The molecule has 1 aliphatic carbocycles. The lowest BCUT2D eigenvalue weighted by Gasteiger charge is -2.09. The van der Waals surface area contributed by atoms with Crippen molar-refractivity contribution in [3.63, 3.8) is 0 Å². The summed E-state index contributed by atoms with van der Waals surface area (Å²) in [5.41, 5.74) is 2.04. The third-order valence-electron chi connectivity index (χ3n) is 5.33. The number of aromatic nitrogens is 1. The van der Waals surface area contributed by atoms with Crippen LogP contribution in [0.5, 0.6) is 11.5 Å². The molecule has 28 heavy (non-hydrogen) atoms. The second kappa shape index (κ2) is 8.48. The van der Waals surface area contributed by atoms with Gasteiger partial charge in [-0.3, -0.25) is 4.79 Å². The Morgan fingerprint density at radius 1 is 1.14 bits per heavy atom. The van der Waals surface area contributed by atoms with Crippen LogP contribution < -0.4 is 20.3 Å². The van der Waals surface area contributed by atoms with E-state index in [1.807, 2.05) is 36.4 Å². The molecule has 0 amide bonds. The van der Waals surface area contributed by atoms with Gasteiger partial charge >= 0.3 is 0 Å². The average Bonchev–Trinajstić information content (AvgIpc) is 3.49. The number of ether oxygens (including phenoxy) is 2. The van der Waals surface area contributed by atoms with Crippen molar-refractivity contribution in [1.82, 2.24) is 10.3 Å². The van der Waals surface area contributed by atoms with Crippen LogP contribution in [0, 0.1) is 5.92 Å². The summed E-state index contributed by atoms with van der Waals surface area (Å²) in [5, 5.41) is 4.54. The third kappa shape index (κ3) is 4.37. The number of rotatable bonds is 9. The third-order valence-corrected chi connectivity index (χ3v) is 5.33. The Bertz CT molecular complexity index is 998. The van der Waals surface area contributed by atoms with Gasteiger partial charge in [0.05, 0.1) is 19.2 Å². The molecular formula is C23H26N2O3. The minimum Gasteiger partial charge on any atom is -0.496 e. The van der Waals surface area contributed by atoms with Crippen LogP contribution in [-0.2, 0) is 0 Å². The summed E-state index contributed by atoms with van der Waals surface area (Å²) < 4.78 is 11.3. The van der Waals surface area contributed by atoms with E-state index in [0.29, 0.717) is 18.4 Å². The summed E-state index contributed by atoms with van der Waals surface area (Å²) in [6.07, 6.45) is 2.16. The first-order chi connectivity index (χ1) is 13.7. The van der Waals surface area contributed by atoms with Gasteiger partial charge in [0.25, 0.3) is 0 Å². The van der Waals surface area contributed by atoms with E-state index in [1.54, 1.807) is 7.11 Å². The maximum absolute atomic E-state index is 11.4. The smallest absolute Gasteiger partial charge is 0.248 e. The van der Waals surface area contributed by atoms with Crippen LogP contribution in [0.2, 0.25) is 0 Å². The van der Waals surface area contributed by atoms with Gasteiger partial charge in [0.2, 0.25) is 5.56 Å². The van der Waals surface area contributed by atoms with E-state index in [9.17, 15) is 4.79 Å². The number of nitrogens with one attached hydrogen (secondary N) is 2. The van der Waals surface area contributed by atoms with Crippen LogP contribution in [0.4, 0.5) is 0 Å².